The van der Waals surface area contributed by atoms with Gasteiger partial charge in [0.2, 0.25) is 0 Å². The standard InChI is InChI=1S/C31H26N2/c1-20-11-3-5-13-22(20)29(23-14-6-4-12-21(23)2)31-30(25-16-8-10-18-28(25)33-31)26-19-32-27-17-9-7-15-24(26)27/h3-19,29,32-33H,1-2H3. The molecule has 0 fully saturated rings. The minimum absolute atomic E-state index is 0.100. The van der Waals surface area contributed by atoms with Gasteiger partial charge < -0.3 is 9.97 Å². The molecule has 4 aromatic carbocycles. The van der Waals surface area contributed by atoms with Gasteiger partial charge in [0.15, 0.2) is 0 Å². The summed E-state index contributed by atoms with van der Waals surface area (Å²) in [6.07, 6.45) is 2.16. The van der Waals surface area contributed by atoms with Crippen molar-refractivity contribution in [1.29, 1.82) is 0 Å². The van der Waals surface area contributed by atoms with Gasteiger partial charge in [0, 0.05) is 44.8 Å². The first-order valence-corrected chi connectivity index (χ1v) is 11.5. The first-order valence-electron chi connectivity index (χ1n) is 11.5. The molecule has 6 rings (SSSR count). The molecule has 2 heteroatoms. The Balaban J connectivity index is 1.73. The number of para-hydroxylation sites is 2. The molecule has 160 valence electrons. The van der Waals surface area contributed by atoms with E-state index in [-0.39, 0.29) is 5.92 Å². The molecule has 2 aromatic heterocycles. The third-order valence-electron chi connectivity index (χ3n) is 6.88. The summed E-state index contributed by atoms with van der Waals surface area (Å²) in [5, 5.41) is 2.50. The van der Waals surface area contributed by atoms with Gasteiger partial charge in [-0.15, -0.1) is 0 Å². The van der Waals surface area contributed by atoms with Crippen LogP contribution in [0.2, 0.25) is 0 Å². The number of fused-ring (bicyclic) bond motifs is 2. The molecule has 2 nitrogen and oxygen atoms in total. The van der Waals surface area contributed by atoms with Gasteiger partial charge in [-0.25, -0.2) is 0 Å². The zero-order chi connectivity index (χ0) is 22.4. The SMILES string of the molecule is Cc1ccccc1C(c1ccccc1C)c1[nH]c2ccccc2c1-c1c[nH]c2ccccc12. The number of aromatic amines is 2. The van der Waals surface area contributed by atoms with Crippen LogP contribution in [0.25, 0.3) is 32.9 Å². The van der Waals surface area contributed by atoms with Crippen LogP contribution < -0.4 is 0 Å². The van der Waals surface area contributed by atoms with Gasteiger partial charge in [-0.1, -0.05) is 84.9 Å². The lowest BCUT2D eigenvalue weighted by Gasteiger charge is -2.23. The predicted octanol–water partition coefficient (Wildman–Crippen LogP) is 8.11. The molecule has 2 heterocycles. The van der Waals surface area contributed by atoms with E-state index in [0.717, 1.165) is 5.52 Å². The van der Waals surface area contributed by atoms with Crippen LogP contribution in [0.5, 0.6) is 0 Å². The lowest BCUT2D eigenvalue weighted by molar-refractivity contribution is 0.918. The molecule has 0 aliphatic carbocycles. The van der Waals surface area contributed by atoms with Crippen molar-refractivity contribution in [3.05, 3.63) is 131 Å². The zero-order valence-electron chi connectivity index (χ0n) is 18.9. The van der Waals surface area contributed by atoms with Crippen LogP contribution in [0.3, 0.4) is 0 Å². The second-order valence-corrected chi connectivity index (χ2v) is 8.85. The van der Waals surface area contributed by atoms with Gasteiger partial charge >= 0.3 is 0 Å². The van der Waals surface area contributed by atoms with Gasteiger partial charge in [-0.3, -0.25) is 0 Å². The number of hydrogen-bond acceptors (Lipinski definition) is 0. The Morgan fingerprint density at radius 3 is 1.79 bits per heavy atom. The van der Waals surface area contributed by atoms with Crippen molar-refractivity contribution in [1.82, 2.24) is 9.97 Å². The number of H-pyrrole nitrogens is 2. The van der Waals surface area contributed by atoms with Crippen molar-refractivity contribution in [3.63, 3.8) is 0 Å². The topological polar surface area (TPSA) is 31.6 Å². The highest BCUT2D eigenvalue weighted by molar-refractivity contribution is 6.06. The number of hydrogen-bond donors (Lipinski definition) is 2. The quantitative estimate of drug-likeness (QED) is 0.285. The Morgan fingerprint density at radius 1 is 0.576 bits per heavy atom. The monoisotopic (exact) mass is 426 g/mol. The maximum absolute atomic E-state index is 3.85. The van der Waals surface area contributed by atoms with Crippen LogP contribution in [-0.2, 0) is 0 Å². The van der Waals surface area contributed by atoms with Crippen molar-refractivity contribution in [3.8, 4) is 11.1 Å². The number of rotatable bonds is 4. The first kappa shape index (κ1) is 19.6. The summed E-state index contributed by atoms with van der Waals surface area (Å²) in [5.41, 5.74) is 11.4. The average molecular weight is 427 g/mol. The van der Waals surface area contributed by atoms with Crippen LogP contribution in [0, 0.1) is 13.8 Å². The lowest BCUT2D eigenvalue weighted by Crippen LogP contribution is -2.08. The molecule has 0 aliphatic heterocycles. The molecule has 0 spiro atoms. The summed E-state index contributed by atoms with van der Waals surface area (Å²) >= 11 is 0. The fraction of sp³-hybridized carbons (Fsp3) is 0.0968. The van der Waals surface area contributed by atoms with E-state index >= 15 is 0 Å². The van der Waals surface area contributed by atoms with Crippen molar-refractivity contribution >= 4 is 21.8 Å². The Morgan fingerprint density at radius 2 is 1.12 bits per heavy atom. The van der Waals surface area contributed by atoms with Crippen LogP contribution in [-0.4, -0.2) is 9.97 Å². The Labute approximate surface area is 193 Å². The Bertz CT molecular complexity index is 1550. The van der Waals surface area contributed by atoms with E-state index in [2.05, 4.69) is 127 Å². The molecule has 0 atom stereocenters. The average Bonchev–Trinajstić information content (AvgIpc) is 3.43. The van der Waals surface area contributed by atoms with E-state index in [1.54, 1.807) is 0 Å². The third kappa shape index (κ3) is 3.18. The van der Waals surface area contributed by atoms with Crippen LogP contribution in [0.1, 0.15) is 33.9 Å². The molecule has 2 N–H and O–H groups in total. The molecule has 0 saturated heterocycles. The number of aryl methyl sites for hydroxylation is 2. The molecule has 6 aromatic rings. The number of benzene rings is 4. The second-order valence-electron chi connectivity index (χ2n) is 8.85. The zero-order valence-corrected chi connectivity index (χ0v) is 18.9. The van der Waals surface area contributed by atoms with Crippen molar-refractivity contribution < 1.29 is 0 Å². The summed E-state index contributed by atoms with van der Waals surface area (Å²) in [6.45, 7) is 4.43. The number of nitrogens with one attached hydrogen (secondary N) is 2. The molecule has 33 heavy (non-hydrogen) atoms. The van der Waals surface area contributed by atoms with E-state index in [0.29, 0.717) is 0 Å². The van der Waals surface area contributed by atoms with E-state index in [9.17, 15) is 0 Å². The highest BCUT2D eigenvalue weighted by Crippen LogP contribution is 2.44. The van der Waals surface area contributed by atoms with E-state index in [1.165, 1.54) is 55.4 Å². The fourth-order valence-corrected chi connectivity index (χ4v) is 5.25. The maximum Gasteiger partial charge on any atom is 0.0502 e. The van der Waals surface area contributed by atoms with Gasteiger partial charge in [0.05, 0.1) is 5.92 Å². The van der Waals surface area contributed by atoms with E-state index < -0.39 is 0 Å². The minimum atomic E-state index is 0.100. The molecular formula is C31H26N2. The summed E-state index contributed by atoms with van der Waals surface area (Å²) in [4.78, 5) is 7.35. The van der Waals surface area contributed by atoms with E-state index in [1.807, 2.05) is 0 Å². The van der Waals surface area contributed by atoms with Crippen LogP contribution in [0.15, 0.2) is 103 Å². The van der Waals surface area contributed by atoms with Crippen LogP contribution >= 0.6 is 0 Å². The van der Waals surface area contributed by atoms with Crippen LogP contribution in [0.4, 0.5) is 0 Å². The van der Waals surface area contributed by atoms with Gasteiger partial charge in [0.25, 0.3) is 0 Å². The first-order chi connectivity index (χ1) is 16.2. The third-order valence-corrected chi connectivity index (χ3v) is 6.88. The normalized spacial score (nSPS) is 11.6. The smallest absolute Gasteiger partial charge is 0.0502 e. The summed E-state index contributed by atoms with van der Waals surface area (Å²) in [5.74, 6) is 0.100. The maximum atomic E-state index is 3.85. The second kappa shape index (κ2) is 7.83. The van der Waals surface area contributed by atoms with Gasteiger partial charge in [-0.05, 0) is 48.2 Å². The predicted molar refractivity (Wildman–Crippen MR) is 139 cm³/mol. The van der Waals surface area contributed by atoms with Crippen molar-refractivity contribution in [2.75, 3.05) is 0 Å². The highest BCUT2D eigenvalue weighted by atomic mass is 14.7. The van der Waals surface area contributed by atoms with Crippen molar-refractivity contribution in [2.24, 2.45) is 0 Å². The largest absolute Gasteiger partial charge is 0.361 e. The fourth-order valence-electron chi connectivity index (χ4n) is 5.25. The molecular weight excluding hydrogens is 400 g/mol. The summed E-state index contributed by atoms with van der Waals surface area (Å²) in [6, 6.07) is 34.8. The highest BCUT2D eigenvalue weighted by Gasteiger charge is 2.27. The molecule has 0 amide bonds. The minimum Gasteiger partial charge on any atom is -0.361 e. The Hall–Kier alpha value is -4.04. The molecule has 0 aliphatic rings. The summed E-state index contributed by atoms with van der Waals surface area (Å²) < 4.78 is 0. The number of aromatic nitrogens is 2. The molecule has 0 bridgehead atoms. The molecule has 0 saturated carbocycles. The summed E-state index contributed by atoms with van der Waals surface area (Å²) in [7, 11) is 0. The lowest BCUT2D eigenvalue weighted by atomic mass is 9.81. The van der Waals surface area contributed by atoms with E-state index in [4.69, 9.17) is 0 Å². The van der Waals surface area contributed by atoms with Gasteiger partial charge in [0.1, 0.15) is 0 Å². The molecule has 0 radical (unpaired) electrons. The van der Waals surface area contributed by atoms with Crippen molar-refractivity contribution in [2.45, 2.75) is 19.8 Å². The molecule has 0 unspecified atom stereocenters. The van der Waals surface area contributed by atoms with Gasteiger partial charge in [-0.2, -0.15) is 0 Å². The Kier molecular flexibility index (Phi) is 4.66.